The Morgan fingerprint density at radius 3 is 2.47 bits per heavy atom. The largest absolute Gasteiger partial charge is 0.508 e. The van der Waals surface area contributed by atoms with Gasteiger partial charge in [0.1, 0.15) is 5.75 Å². The van der Waals surface area contributed by atoms with E-state index in [0.717, 1.165) is 18.4 Å². The van der Waals surface area contributed by atoms with E-state index in [9.17, 15) is 9.90 Å². The van der Waals surface area contributed by atoms with E-state index in [2.05, 4.69) is 25.4 Å². The Morgan fingerprint density at radius 1 is 1.37 bits per heavy atom. The number of rotatable bonds is 6. The smallest absolute Gasteiger partial charge is 0.251 e. The summed E-state index contributed by atoms with van der Waals surface area (Å²) in [6.07, 6.45) is 4.12. The Kier molecular flexibility index (Phi) is 5.73. The molecule has 1 amide bonds. The minimum absolute atomic E-state index is 0.0996. The molecule has 1 aromatic rings. The maximum absolute atomic E-state index is 12.1. The molecule has 0 bridgehead atoms. The topological polar surface area (TPSA) is 49.3 Å². The van der Waals surface area contributed by atoms with E-state index in [4.69, 9.17) is 0 Å². The molecular weight excluding hydrogens is 258 g/mol. The average molecular weight is 281 g/mol. The van der Waals surface area contributed by atoms with Gasteiger partial charge in [0.2, 0.25) is 0 Å². The fraction of sp³-hybridized carbons (Fsp3) is 0.533. The molecule has 1 rings (SSSR count). The Bertz CT molecular complexity index is 434. The number of benzene rings is 1. The molecule has 0 aromatic heterocycles. The molecule has 1 aromatic carbocycles. The third-order valence-electron chi connectivity index (χ3n) is 3.76. The Morgan fingerprint density at radius 2 is 2.00 bits per heavy atom. The number of thioether (sulfide) groups is 1. The molecule has 19 heavy (non-hydrogen) atoms. The van der Waals surface area contributed by atoms with Crippen molar-refractivity contribution in [2.24, 2.45) is 0 Å². The normalized spacial score (nSPS) is 11.4. The summed E-state index contributed by atoms with van der Waals surface area (Å²) in [6.45, 7) is 6.74. The molecule has 106 valence electrons. The first-order valence-corrected chi connectivity index (χ1v) is 7.83. The maximum Gasteiger partial charge on any atom is 0.251 e. The average Bonchev–Trinajstić information content (AvgIpc) is 2.43. The van der Waals surface area contributed by atoms with Crippen molar-refractivity contribution in [1.29, 1.82) is 0 Å². The van der Waals surface area contributed by atoms with Crippen LogP contribution in [0.4, 0.5) is 0 Å². The molecule has 0 spiro atoms. The predicted octanol–water partition coefficient (Wildman–Crippen LogP) is 3.35. The minimum Gasteiger partial charge on any atom is -0.508 e. The third kappa shape index (κ3) is 3.90. The van der Waals surface area contributed by atoms with Crippen LogP contribution in [0.2, 0.25) is 0 Å². The lowest BCUT2D eigenvalue weighted by Gasteiger charge is -2.29. The molecule has 0 aliphatic heterocycles. The highest BCUT2D eigenvalue weighted by Crippen LogP contribution is 2.29. The summed E-state index contributed by atoms with van der Waals surface area (Å²) >= 11 is 1.80. The van der Waals surface area contributed by atoms with Crippen LogP contribution in [0.3, 0.4) is 0 Å². The van der Waals surface area contributed by atoms with E-state index in [1.807, 2.05) is 6.92 Å². The highest BCUT2D eigenvalue weighted by Gasteiger charge is 2.25. The number of carbonyl (C=O) groups is 1. The number of amides is 1. The van der Waals surface area contributed by atoms with Crippen LogP contribution in [0.5, 0.6) is 5.75 Å². The summed E-state index contributed by atoms with van der Waals surface area (Å²) in [6, 6.07) is 5.01. The zero-order chi connectivity index (χ0) is 14.5. The third-order valence-corrected chi connectivity index (χ3v) is 5.35. The standard InChI is InChI=1S/C15H23NO2S/c1-5-15(6-2,19-4)10-16-14(18)12-8-7-11(3)13(17)9-12/h7-9,17H,5-6,10H2,1-4H3,(H,16,18). The van der Waals surface area contributed by atoms with Crippen LogP contribution in [-0.2, 0) is 0 Å². The van der Waals surface area contributed by atoms with Crippen molar-refractivity contribution in [3.05, 3.63) is 29.3 Å². The first-order valence-electron chi connectivity index (χ1n) is 6.61. The fourth-order valence-electron chi connectivity index (χ4n) is 1.95. The second-order valence-corrected chi connectivity index (χ2v) is 6.05. The van der Waals surface area contributed by atoms with Gasteiger partial charge in [-0.15, -0.1) is 0 Å². The van der Waals surface area contributed by atoms with E-state index in [1.165, 1.54) is 6.07 Å². The first kappa shape index (κ1) is 15.9. The van der Waals surface area contributed by atoms with Gasteiger partial charge in [0.25, 0.3) is 5.91 Å². The number of phenols is 1. The minimum atomic E-state index is -0.129. The predicted molar refractivity (Wildman–Crippen MR) is 82.0 cm³/mol. The number of phenolic OH excluding ortho intramolecular Hbond substituents is 1. The van der Waals surface area contributed by atoms with E-state index >= 15 is 0 Å². The van der Waals surface area contributed by atoms with E-state index < -0.39 is 0 Å². The van der Waals surface area contributed by atoms with Gasteiger partial charge in [0, 0.05) is 16.9 Å². The molecule has 3 nitrogen and oxygen atoms in total. The van der Waals surface area contributed by atoms with Crippen molar-refractivity contribution in [2.45, 2.75) is 38.4 Å². The summed E-state index contributed by atoms with van der Waals surface area (Å²) < 4.78 is 0.0996. The van der Waals surface area contributed by atoms with Gasteiger partial charge in [0.15, 0.2) is 0 Å². The lowest BCUT2D eigenvalue weighted by molar-refractivity contribution is 0.0948. The van der Waals surface area contributed by atoms with Gasteiger partial charge in [0.05, 0.1) is 0 Å². The lowest BCUT2D eigenvalue weighted by Crippen LogP contribution is -2.39. The molecule has 0 unspecified atom stereocenters. The van der Waals surface area contributed by atoms with Crippen molar-refractivity contribution < 1.29 is 9.90 Å². The summed E-state index contributed by atoms with van der Waals surface area (Å²) in [7, 11) is 0. The quantitative estimate of drug-likeness (QED) is 0.840. The van der Waals surface area contributed by atoms with Gasteiger partial charge >= 0.3 is 0 Å². The van der Waals surface area contributed by atoms with Gasteiger partial charge in [-0.3, -0.25) is 4.79 Å². The SMILES string of the molecule is CCC(CC)(CNC(=O)c1ccc(C)c(O)c1)SC. The summed E-state index contributed by atoms with van der Waals surface area (Å²) in [5.74, 6) is 0.0328. The van der Waals surface area contributed by atoms with Gasteiger partial charge in [-0.2, -0.15) is 11.8 Å². The molecule has 0 saturated heterocycles. The number of hydrogen-bond acceptors (Lipinski definition) is 3. The lowest BCUT2D eigenvalue weighted by atomic mass is 10.0. The summed E-state index contributed by atoms with van der Waals surface area (Å²) in [4.78, 5) is 12.1. The molecule has 2 N–H and O–H groups in total. The zero-order valence-electron chi connectivity index (χ0n) is 12.1. The number of aromatic hydroxyl groups is 1. The molecule has 0 saturated carbocycles. The van der Waals surface area contributed by atoms with Gasteiger partial charge in [-0.05, 0) is 43.7 Å². The van der Waals surface area contributed by atoms with Crippen LogP contribution in [-0.4, -0.2) is 28.6 Å². The summed E-state index contributed by atoms with van der Waals surface area (Å²) in [5, 5.41) is 12.6. The van der Waals surface area contributed by atoms with Crippen molar-refractivity contribution in [1.82, 2.24) is 5.32 Å². The van der Waals surface area contributed by atoms with E-state index in [1.54, 1.807) is 23.9 Å². The molecule has 4 heteroatoms. The molecule has 0 aliphatic rings. The molecule has 0 heterocycles. The van der Waals surface area contributed by atoms with Gasteiger partial charge in [-0.1, -0.05) is 19.9 Å². The highest BCUT2D eigenvalue weighted by molar-refractivity contribution is 8.00. The van der Waals surface area contributed by atoms with Crippen LogP contribution >= 0.6 is 11.8 Å². The zero-order valence-corrected chi connectivity index (χ0v) is 12.9. The second-order valence-electron chi connectivity index (χ2n) is 4.78. The van der Waals surface area contributed by atoms with Crippen molar-refractivity contribution in [3.8, 4) is 5.75 Å². The monoisotopic (exact) mass is 281 g/mol. The van der Waals surface area contributed by atoms with Gasteiger partial charge < -0.3 is 10.4 Å². The second kappa shape index (κ2) is 6.85. The highest BCUT2D eigenvalue weighted by atomic mass is 32.2. The Balaban J connectivity index is 2.72. The molecular formula is C15H23NO2S. The van der Waals surface area contributed by atoms with Crippen molar-refractivity contribution in [3.63, 3.8) is 0 Å². The maximum atomic E-state index is 12.1. The number of nitrogens with one attached hydrogen (secondary N) is 1. The van der Waals surface area contributed by atoms with Gasteiger partial charge in [-0.25, -0.2) is 0 Å². The van der Waals surface area contributed by atoms with Crippen molar-refractivity contribution >= 4 is 17.7 Å². The number of carbonyl (C=O) groups excluding carboxylic acids is 1. The summed E-state index contributed by atoms with van der Waals surface area (Å²) in [5.41, 5.74) is 1.28. The number of hydrogen-bond donors (Lipinski definition) is 2. The van der Waals surface area contributed by atoms with Crippen LogP contribution < -0.4 is 5.32 Å². The van der Waals surface area contributed by atoms with Crippen LogP contribution in [0.15, 0.2) is 18.2 Å². The molecule has 0 fully saturated rings. The van der Waals surface area contributed by atoms with Crippen LogP contribution in [0, 0.1) is 6.92 Å². The molecule has 0 aliphatic carbocycles. The molecule has 0 atom stereocenters. The first-order chi connectivity index (χ1) is 8.98. The van der Waals surface area contributed by atoms with Crippen LogP contribution in [0.25, 0.3) is 0 Å². The number of aryl methyl sites for hydroxylation is 1. The van der Waals surface area contributed by atoms with Crippen molar-refractivity contribution in [2.75, 3.05) is 12.8 Å². The fourth-order valence-corrected chi connectivity index (χ4v) is 2.75. The van der Waals surface area contributed by atoms with Crippen LogP contribution in [0.1, 0.15) is 42.6 Å². The van der Waals surface area contributed by atoms with E-state index in [0.29, 0.717) is 12.1 Å². The Labute approximate surface area is 119 Å². The Hall–Kier alpha value is -1.16. The molecule has 0 radical (unpaired) electrons. The van der Waals surface area contributed by atoms with E-state index in [-0.39, 0.29) is 16.4 Å².